The largest absolute Gasteiger partial charge is 0.444 e. The van der Waals surface area contributed by atoms with E-state index in [-0.39, 0.29) is 12.1 Å². The van der Waals surface area contributed by atoms with Gasteiger partial charge in [-0.2, -0.15) is 0 Å². The van der Waals surface area contributed by atoms with E-state index in [1.54, 1.807) is 11.1 Å². The zero-order valence-electron chi connectivity index (χ0n) is 12.6. The summed E-state index contributed by atoms with van der Waals surface area (Å²) < 4.78 is 5.41. The maximum Gasteiger partial charge on any atom is 0.410 e. The first-order valence-corrected chi connectivity index (χ1v) is 7.43. The highest BCUT2D eigenvalue weighted by molar-refractivity contribution is 6.29. The molecule has 0 saturated carbocycles. The molecule has 0 bridgehead atoms. The fraction of sp³-hybridized carbons (Fsp3) is 0.643. The van der Waals surface area contributed by atoms with Crippen LogP contribution in [0, 0.1) is 0 Å². The number of nitrogens with zero attached hydrogens (tertiary/aromatic N) is 3. The molecular formula is C14H21ClN4O2. The van der Waals surface area contributed by atoms with Gasteiger partial charge < -0.3 is 15.0 Å². The van der Waals surface area contributed by atoms with Gasteiger partial charge in [0, 0.05) is 19.1 Å². The van der Waals surface area contributed by atoms with Gasteiger partial charge >= 0.3 is 6.09 Å². The van der Waals surface area contributed by atoms with Gasteiger partial charge in [-0.3, -0.25) is 0 Å². The normalized spacial score (nSPS) is 19.2. The van der Waals surface area contributed by atoms with Crippen LogP contribution in [-0.2, 0) is 4.74 Å². The molecule has 1 aromatic rings. The summed E-state index contributed by atoms with van der Waals surface area (Å²) in [5, 5.41) is 3.63. The third-order valence-corrected chi connectivity index (χ3v) is 3.24. The second-order valence-electron chi connectivity index (χ2n) is 6.13. The molecule has 1 aliphatic rings. The standard InChI is InChI=1S/C14H21ClN4O2/c1-14(2,3)21-13(20)19-6-4-5-10(9-19)18-12-8-16-11(15)7-17-12/h7-8,10H,4-6,9H2,1-3H3,(H,17,18)/t10-/m0/s1. The third-order valence-electron chi connectivity index (χ3n) is 3.05. The predicted octanol–water partition coefficient (Wildman–Crippen LogP) is 2.94. The monoisotopic (exact) mass is 312 g/mol. The lowest BCUT2D eigenvalue weighted by Crippen LogP contribution is -2.47. The molecule has 1 amide bonds. The Morgan fingerprint density at radius 3 is 2.81 bits per heavy atom. The second kappa shape index (κ2) is 6.47. The van der Waals surface area contributed by atoms with Crippen LogP contribution in [0.25, 0.3) is 0 Å². The number of nitrogens with one attached hydrogen (secondary N) is 1. The number of carbonyl (C=O) groups is 1. The first-order chi connectivity index (χ1) is 9.83. The maximum atomic E-state index is 12.1. The van der Waals surface area contributed by atoms with E-state index >= 15 is 0 Å². The van der Waals surface area contributed by atoms with Crippen LogP contribution >= 0.6 is 11.6 Å². The van der Waals surface area contributed by atoms with Gasteiger partial charge in [-0.1, -0.05) is 11.6 Å². The summed E-state index contributed by atoms with van der Waals surface area (Å²) in [7, 11) is 0. The van der Waals surface area contributed by atoms with Crippen molar-refractivity contribution in [1.29, 1.82) is 0 Å². The Hall–Kier alpha value is -1.56. The highest BCUT2D eigenvalue weighted by Gasteiger charge is 2.27. The van der Waals surface area contributed by atoms with Crippen molar-refractivity contribution in [2.75, 3.05) is 18.4 Å². The number of hydrogen-bond acceptors (Lipinski definition) is 5. The number of aromatic nitrogens is 2. The number of anilines is 1. The Labute approximate surface area is 129 Å². The lowest BCUT2D eigenvalue weighted by molar-refractivity contribution is 0.0206. The van der Waals surface area contributed by atoms with E-state index in [0.29, 0.717) is 17.5 Å². The van der Waals surface area contributed by atoms with Gasteiger partial charge in [0.15, 0.2) is 0 Å². The average Bonchev–Trinajstić information content (AvgIpc) is 2.40. The number of carbonyl (C=O) groups excluding carboxylic acids is 1. The van der Waals surface area contributed by atoms with Gasteiger partial charge in [-0.25, -0.2) is 14.8 Å². The van der Waals surface area contributed by atoms with Crippen molar-refractivity contribution in [2.24, 2.45) is 0 Å². The topological polar surface area (TPSA) is 67.3 Å². The molecule has 0 aromatic carbocycles. The second-order valence-corrected chi connectivity index (χ2v) is 6.52. The van der Waals surface area contributed by atoms with Crippen molar-refractivity contribution < 1.29 is 9.53 Å². The van der Waals surface area contributed by atoms with Crippen LogP contribution in [0.2, 0.25) is 5.15 Å². The fourth-order valence-electron chi connectivity index (χ4n) is 2.18. The maximum absolute atomic E-state index is 12.1. The Balaban J connectivity index is 1.91. The van der Waals surface area contributed by atoms with Gasteiger partial charge in [-0.15, -0.1) is 0 Å². The summed E-state index contributed by atoms with van der Waals surface area (Å²) in [5.41, 5.74) is -0.473. The zero-order valence-corrected chi connectivity index (χ0v) is 13.4. The van der Waals surface area contributed by atoms with Crippen molar-refractivity contribution in [3.8, 4) is 0 Å². The number of halogens is 1. The highest BCUT2D eigenvalue weighted by atomic mass is 35.5. The van der Waals surface area contributed by atoms with Crippen molar-refractivity contribution >= 4 is 23.5 Å². The minimum atomic E-state index is -0.473. The van der Waals surface area contributed by atoms with Gasteiger partial charge in [0.2, 0.25) is 0 Å². The fourth-order valence-corrected chi connectivity index (χ4v) is 2.28. The average molecular weight is 313 g/mol. The van der Waals surface area contributed by atoms with E-state index < -0.39 is 5.60 Å². The first-order valence-electron chi connectivity index (χ1n) is 7.05. The van der Waals surface area contributed by atoms with Crippen molar-refractivity contribution in [1.82, 2.24) is 14.9 Å². The van der Waals surface area contributed by atoms with E-state index in [1.165, 1.54) is 6.20 Å². The quantitative estimate of drug-likeness (QED) is 0.909. The summed E-state index contributed by atoms with van der Waals surface area (Å²) in [4.78, 5) is 22.0. The lowest BCUT2D eigenvalue weighted by atomic mass is 10.1. The molecule has 2 rings (SSSR count). The zero-order chi connectivity index (χ0) is 15.5. The predicted molar refractivity (Wildman–Crippen MR) is 81.5 cm³/mol. The Bertz CT molecular complexity index is 487. The first kappa shape index (κ1) is 15.8. The van der Waals surface area contributed by atoms with Crippen LogP contribution in [0.4, 0.5) is 10.6 Å². The van der Waals surface area contributed by atoms with Crippen molar-refractivity contribution in [3.05, 3.63) is 17.5 Å². The lowest BCUT2D eigenvalue weighted by Gasteiger charge is -2.34. The number of ether oxygens (including phenoxy) is 1. The summed E-state index contributed by atoms with van der Waals surface area (Å²) in [6.07, 6.45) is 4.73. The molecule has 0 aliphatic carbocycles. The van der Waals surface area contributed by atoms with Crippen LogP contribution in [0.1, 0.15) is 33.6 Å². The van der Waals surface area contributed by atoms with Gasteiger partial charge in [-0.05, 0) is 33.6 Å². The van der Waals surface area contributed by atoms with Crippen LogP contribution in [0.15, 0.2) is 12.4 Å². The molecule has 1 saturated heterocycles. The minimum Gasteiger partial charge on any atom is -0.444 e. The van der Waals surface area contributed by atoms with Gasteiger partial charge in [0.05, 0.1) is 12.4 Å². The van der Waals surface area contributed by atoms with E-state index in [1.807, 2.05) is 20.8 Å². The number of piperidine rings is 1. The number of hydrogen-bond donors (Lipinski definition) is 1. The summed E-state index contributed by atoms with van der Waals surface area (Å²) in [5.74, 6) is 0.662. The Morgan fingerprint density at radius 2 is 2.19 bits per heavy atom. The molecule has 1 atom stereocenters. The molecular weight excluding hydrogens is 292 g/mol. The number of rotatable bonds is 2. The van der Waals surface area contributed by atoms with E-state index in [2.05, 4.69) is 15.3 Å². The van der Waals surface area contributed by atoms with E-state index in [4.69, 9.17) is 16.3 Å². The minimum absolute atomic E-state index is 0.141. The molecule has 7 heteroatoms. The third kappa shape index (κ3) is 5.04. The number of amides is 1. The molecule has 1 aromatic heterocycles. The van der Waals surface area contributed by atoms with Gasteiger partial charge in [0.25, 0.3) is 0 Å². The Morgan fingerprint density at radius 1 is 1.43 bits per heavy atom. The molecule has 1 N–H and O–H groups in total. The molecule has 21 heavy (non-hydrogen) atoms. The summed E-state index contributed by atoms with van der Waals surface area (Å²) in [6, 6.07) is 0.141. The van der Waals surface area contributed by atoms with Crippen LogP contribution in [0.5, 0.6) is 0 Å². The van der Waals surface area contributed by atoms with E-state index in [9.17, 15) is 4.79 Å². The van der Waals surface area contributed by atoms with Crippen LogP contribution in [-0.4, -0.2) is 45.7 Å². The van der Waals surface area contributed by atoms with E-state index in [0.717, 1.165) is 19.4 Å². The molecule has 2 heterocycles. The number of likely N-dealkylation sites (tertiary alicyclic amines) is 1. The van der Waals surface area contributed by atoms with Crippen LogP contribution in [0.3, 0.4) is 0 Å². The molecule has 116 valence electrons. The van der Waals surface area contributed by atoms with Crippen molar-refractivity contribution in [3.63, 3.8) is 0 Å². The van der Waals surface area contributed by atoms with Crippen LogP contribution < -0.4 is 5.32 Å². The molecule has 1 aliphatic heterocycles. The molecule has 0 radical (unpaired) electrons. The SMILES string of the molecule is CC(C)(C)OC(=O)N1CCC[C@H](Nc2cnc(Cl)cn2)C1. The Kier molecular flexibility index (Phi) is 4.88. The summed E-state index contributed by atoms with van der Waals surface area (Å²) in [6.45, 7) is 6.92. The molecule has 0 unspecified atom stereocenters. The van der Waals surface area contributed by atoms with Gasteiger partial charge in [0.1, 0.15) is 16.6 Å². The summed E-state index contributed by atoms with van der Waals surface area (Å²) >= 11 is 5.71. The van der Waals surface area contributed by atoms with Crippen molar-refractivity contribution in [2.45, 2.75) is 45.3 Å². The highest BCUT2D eigenvalue weighted by Crippen LogP contribution is 2.18. The molecule has 6 nitrogen and oxygen atoms in total. The smallest absolute Gasteiger partial charge is 0.410 e. The molecule has 0 spiro atoms. The molecule has 1 fully saturated rings.